The molecule has 4 nitrogen and oxygen atoms in total. The largest absolute Gasteiger partial charge is 0.497 e. The molecule has 0 saturated carbocycles. The summed E-state index contributed by atoms with van der Waals surface area (Å²) in [6.45, 7) is 1.39. The van der Waals surface area contributed by atoms with Crippen LogP contribution in [-0.2, 0) is 4.79 Å². The average Bonchev–Trinajstić information content (AvgIpc) is 2.21. The van der Waals surface area contributed by atoms with Gasteiger partial charge in [-0.3, -0.25) is 4.79 Å². The summed E-state index contributed by atoms with van der Waals surface area (Å²) >= 11 is 0. The fourth-order valence-electron chi connectivity index (χ4n) is 1.43. The standard InChI is InChI=1S/C11H14O4/c1-7-3-4-8(15-2)5-9(7)10(6-12)11(13)14/h3-5,10,12H,6H2,1-2H3,(H,13,14). The van der Waals surface area contributed by atoms with E-state index in [9.17, 15) is 4.79 Å². The van der Waals surface area contributed by atoms with Gasteiger partial charge in [-0.05, 0) is 30.2 Å². The van der Waals surface area contributed by atoms with Crippen LogP contribution in [0.5, 0.6) is 5.75 Å². The number of aryl methyl sites for hydroxylation is 1. The second-order valence-corrected chi connectivity index (χ2v) is 3.30. The van der Waals surface area contributed by atoms with Crippen LogP contribution >= 0.6 is 0 Å². The van der Waals surface area contributed by atoms with Crippen molar-refractivity contribution in [2.24, 2.45) is 0 Å². The molecular formula is C11H14O4. The van der Waals surface area contributed by atoms with Crippen LogP contribution in [-0.4, -0.2) is 29.9 Å². The highest BCUT2D eigenvalue weighted by Crippen LogP contribution is 2.24. The highest BCUT2D eigenvalue weighted by atomic mass is 16.5. The van der Waals surface area contributed by atoms with E-state index in [0.717, 1.165) is 5.56 Å². The lowest BCUT2D eigenvalue weighted by atomic mass is 9.95. The monoisotopic (exact) mass is 210 g/mol. The number of carboxylic acids is 1. The summed E-state index contributed by atoms with van der Waals surface area (Å²) in [5.41, 5.74) is 1.42. The molecule has 1 aromatic carbocycles. The summed E-state index contributed by atoms with van der Waals surface area (Å²) < 4.78 is 5.01. The number of methoxy groups -OCH3 is 1. The van der Waals surface area contributed by atoms with Crippen molar-refractivity contribution in [1.82, 2.24) is 0 Å². The number of carboxylic acid groups (broad SMARTS) is 1. The van der Waals surface area contributed by atoms with Crippen LogP contribution in [0.2, 0.25) is 0 Å². The summed E-state index contributed by atoms with van der Waals surface area (Å²) in [4.78, 5) is 10.9. The van der Waals surface area contributed by atoms with E-state index in [-0.39, 0.29) is 0 Å². The van der Waals surface area contributed by atoms with Crippen molar-refractivity contribution in [3.63, 3.8) is 0 Å². The van der Waals surface area contributed by atoms with Crippen LogP contribution in [0.4, 0.5) is 0 Å². The van der Waals surface area contributed by atoms with Gasteiger partial charge in [0.05, 0.1) is 13.7 Å². The third-order valence-electron chi connectivity index (χ3n) is 2.34. The van der Waals surface area contributed by atoms with Crippen molar-refractivity contribution in [3.05, 3.63) is 29.3 Å². The normalized spacial score (nSPS) is 12.2. The first kappa shape index (κ1) is 11.5. The van der Waals surface area contributed by atoms with Gasteiger partial charge in [0.25, 0.3) is 0 Å². The number of aliphatic carboxylic acids is 1. The SMILES string of the molecule is COc1ccc(C)c(C(CO)C(=O)O)c1. The Balaban J connectivity index is 3.15. The predicted molar refractivity (Wildman–Crippen MR) is 55.2 cm³/mol. The molecule has 0 heterocycles. The summed E-state index contributed by atoms with van der Waals surface area (Å²) in [6.07, 6.45) is 0. The fourth-order valence-corrected chi connectivity index (χ4v) is 1.43. The third-order valence-corrected chi connectivity index (χ3v) is 2.34. The van der Waals surface area contributed by atoms with Gasteiger partial charge in [0, 0.05) is 0 Å². The average molecular weight is 210 g/mol. The Bertz CT molecular complexity index is 360. The molecule has 1 aromatic rings. The molecule has 0 spiro atoms. The van der Waals surface area contributed by atoms with Crippen LogP contribution in [0.3, 0.4) is 0 Å². The summed E-state index contributed by atoms with van der Waals surface area (Å²) in [6, 6.07) is 5.18. The highest BCUT2D eigenvalue weighted by molar-refractivity contribution is 5.77. The molecule has 0 aliphatic rings. The van der Waals surface area contributed by atoms with Crippen molar-refractivity contribution >= 4 is 5.97 Å². The van der Waals surface area contributed by atoms with Gasteiger partial charge in [-0.1, -0.05) is 6.07 Å². The molecule has 1 unspecified atom stereocenters. The molecule has 0 aliphatic carbocycles. The zero-order chi connectivity index (χ0) is 11.4. The Morgan fingerprint density at radius 1 is 1.53 bits per heavy atom. The quantitative estimate of drug-likeness (QED) is 0.782. The Kier molecular flexibility index (Phi) is 3.68. The Hall–Kier alpha value is -1.55. The first-order chi connectivity index (χ1) is 7.10. The molecule has 1 atom stereocenters. The lowest BCUT2D eigenvalue weighted by Crippen LogP contribution is -2.16. The van der Waals surface area contributed by atoms with Crippen molar-refractivity contribution in [3.8, 4) is 5.75 Å². The summed E-state index contributed by atoms with van der Waals surface area (Å²) in [5, 5.41) is 17.9. The minimum atomic E-state index is -1.03. The maximum Gasteiger partial charge on any atom is 0.313 e. The van der Waals surface area contributed by atoms with Crippen LogP contribution in [0.25, 0.3) is 0 Å². The Morgan fingerprint density at radius 3 is 2.67 bits per heavy atom. The molecule has 1 rings (SSSR count). The zero-order valence-corrected chi connectivity index (χ0v) is 8.73. The number of aliphatic hydroxyl groups excluding tert-OH is 1. The lowest BCUT2D eigenvalue weighted by Gasteiger charge is -2.13. The highest BCUT2D eigenvalue weighted by Gasteiger charge is 2.20. The fraction of sp³-hybridized carbons (Fsp3) is 0.364. The van der Waals surface area contributed by atoms with Gasteiger partial charge in [0.15, 0.2) is 0 Å². The molecule has 4 heteroatoms. The van der Waals surface area contributed by atoms with Gasteiger partial charge in [-0.2, -0.15) is 0 Å². The molecule has 0 aromatic heterocycles. The van der Waals surface area contributed by atoms with E-state index in [1.165, 1.54) is 7.11 Å². The maximum absolute atomic E-state index is 10.9. The smallest absolute Gasteiger partial charge is 0.313 e. The van der Waals surface area contributed by atoms with Crippen LogP contribution in [0.1, 0.15) is 17.0 Å². The molecule has 82 valence electrons. The Labute approximate surface area is 88.1 Å². The van der Waals surface area contributed by atoms with E-state index in [4.69, 9.17) is 14.9 Å². The second kappa shape index (κ2) is 4.79. The molecule has 0 radical (unpaired) electrons. The van der Waals surface area contributed by atoms with Gasteiger partial charge in [-0.15, -0.1) is 0 Å². The Morgan fingerprint density at radius 2 is 2.20 bits per heavy atom. The zero-order valence-electron chi connectivity index (χ0n) is 8.73. The van der Waals surface area contributed by atoms with Gasteiger partial charge >= 0.3 is 5.97 Å². The van der Waals surface area contributed by atoms with Gasteiger partial charge in [0.1, 0.15) is 11.7 Å². The number of aliphatic hydroxyl groups is 1. The number of carbonyl (C=O) groups is 1. The van der Waals surface area contributed by atoms with E-state index in [0.29, 0.717) is 11.3 Å². The van der Waals surface area contributed by atoms with E-state index >= 15 is 0 Å². The molecule has 0 fully saturated rings. The van der Waals surface area contributed by atoms with Gasteiger partial charge in [-0.25, -0.2) is 0 Å². The van der Waals surface area contributed by atoms with Gasteiger partial charge < -0.3 is 14.9 Å². The molecule has 15 heavy (non-hydrogen) atoms. The topological polar surface area (TPSA) is 66.8 Å². The maximum atomic E-state index is 10.9. The molecule has 0 amide bonds. The lowest BCUT2D eigenvalue weighted by molar-refractivity contribution is -0.139. The minimum absolute atomic E-state index is 0.413. The first-order valence-corrected chi connectivity index (χ1v) is 4.58. The summed E-state index contributed by atoms with van der Waals surface area (Å²) in [5.74, 6) is -1.33. The van der Waals surface area contributed by atoms with Crippen molar-refractivity contribution in [2.75, 3.05) is 13.7 Å². The second-order valence-electron chi connectivity index (χ2n) is 3.30. The van der Waals surface area contributed by atoms with E-state index < -0.39 is 18.5 Å². The third kappa shape index (κ3) is 2.47. The minimum Gasteiger partial charge on any atom is -0.497 e. The molecule has 0 bridgehead atoms. The van der Waals surface area contributed by atoms with E-state index in [2.05, 4.69) is 0 Å². The molecule has 2 N–H and O–H groups in total. The predicted octanol–water partition coefficient (Wildman–Crippen LogP) is 1.16. The molecule has 0 saturated heterocycles. The van der Waals surface area contributed by atoms with Crippen molar-refractivity contribution in [1.29, 1.82) is 0 Å². The van der Waals surface area contributed by atoms with Crippen molar-refractivity contribution in [2.45, 2.75) is 12.8 Å². The van der Waals surface area contributed by atoms with Crippen molar-refractivity contribution < 1.29 is 19.7 Å². The van der Waals surface area contributed by atoms with E-state index in [1.807, 2.05) is 0 Å². The van der Waals surface area contributed by atoms with Crippen LogP contribution in [0.15, 0.2) is 18.2 Å². The van der Waals surface area contributed by atoms with E-state index in [1.54, 1.807) is 25.1 Å². The number of ether oxygens (including phenoxy) is 1. The first-order valence-electron chi connectivity index (χ1n) is 4.58. The number of rotatable bonds is 4. The number of hydrogen-bond donors (Lipinski definition) is 2. The molecular weight excluding hydrogens is 196 g/mol. The van der Waals surface area contributed by atoms with Crippen LogP contribution in [0, 0.1) is 6.92 Å². The van der Waals surface area contributed by atoms with Crippen LogP contribution < -0.4 is 4.74 Å². The summed E-state index contributed by atoms with van der Waals surface area (Å²) in [7, 11) is 1.52. The number of benzene rings is 1. The molecule has 0 aliphatic heterocycles. The number of hydrogen-bond acceptors (Lipinski definition) is 3. The van der Waals surface area contributed by atoms with Gasteiger partial charge in [0.2, 0.25) is 0 Å².